The van der Waals surface area contributed by atoms with Crippen molar-refractivity contribution in [2.45, 2.75) is 58.2 Å². The predicted molar refractivity (Wildman–Crippen MR) is 121 cm³/mol. The molecule has 5 rings (SSSR count). The summed E-state index contributed by atoms with van der Waals surface area (Å²) in [5.41, 5.74) is 9.12. The number of aliphatic hydroxyl groups excluding tert-OH is 1. The average Bonchev–Trinajstić information content (AvgIpc) is 3.46. The Hall–Kier alpha value is -2.92. The summed E-state index contributed by atoms with van der Waals surface area (Å²) in [6.07, 6.45) is 6.98. The van der Waals surface area contributed by atoms with Crippen LogP contribution in [0.1, 0.15) is 57.4 Å². The molecule has 1 aliphatic heterocycles. The normalized spacial score (nSPS) is 20.5. The number of hydrogen-bond donors (Lipinski definition) is 1. The van der Waals surface area contributed by atoms with Gasteiger partial charge in [-0.15, -0.1) is 0 Å². The second kappa shape index (κ2) is 7.65. The number of rotatable bonds is 4. The van der Waals surface area contributed by atoms with Gasteiger partial charge in [-0.2, -0.15) is 5.10 Å². The number of aliphatic hydroxyl groups is 1. The van der Waals surface area contributed by atoms with Crippen molar-refractivity contribution in [3.8, 4) is 11.1 Å². The summed E-state index contributed by atoms with van der Waals surface area (Å²) in [6.45, 7) is 4.92. The monoisotopic (exact) mass is 415 g/mol. The maximum atomic E-state index is 13.2. The van der Waals surface area contributed by atoms with Crippen LogP contribution in [0.15, 0.2) is 42.7 Å². The van der Waals surface area contributed by atoms with E-state index in [1.165, 1.54) is 22.3 Å². The Morgan fingerprint density at radius 2 is 1.87 bits per heavy atom. The van der Waals surface area contributed by atoms with Gasteiger partial charge in [0.2, 0.25) is 0 Å². The number of amides is 1. The highest BCUT2D eigenvalue weighted by Gasteiger charge is 2.39. The molecule has 160 valence electrons. The Balaban J connectivity index is 1.41. The van der Waals surface area contributed by atoms with Crippen molar-refractivity contribution in [1.82, 2.24) is 14.7 Å². The molecular weight excluding hydrogens is 386 g/mol. The Morgan fingerprint density at radius 3 is 2.52 bits per heavy atom. The molecule has 1 fully saturated rings. The Bertz CT molecular complexity index is 1150. The van der Waals surface area contributed by atoms with E-state index in [-0.39, 0.29) is 11.9 Å². The lowest BCUT2D eigenvalue weighted by atomic mass is 9.91. The second-order valence-corrected chi connectivity index (χ2v) is 9.09. The van der Waals surface area contributed by atoms with Gasteiger partial charge in [-0.25, -0.2) is 0 Å². The van der Waals surface area contributed by atoms with E-state index in [1.54, 1.807) is 0 Å². The van der Waals surface area contributed by atoms with Crippen molar-refractivity contribution >= 4 is 5.91 Å². The fourth-order valence-electron chi connectivity index (χ4n) is 5.17. The van der Waals surface area contributed by atoms with Crippen LogP contribution in [0.5, 0.6) is 0 Å². The van der Waals surface area contributed by atoms with Crippen LogP contribution in [0.2, 0.25) is 0 Å². The zero-order valence-electron chi connectivity index (χ0n) is 18.4. The Morgan fingerprint density at radius 1 is 1.10 bits per heavy atom. The molecule has 1 N–H and O–H groups in total. The molecule has 3 aromatic rings. The lowest BCUT2D eigenvalue weighted by Crippen LogP contribution is -2.40. The van der Waals surface area contributed by atoms with Gasteiger partial charge in [0.05, 0.1) is 18.3 Å². The van der Waals surface area contributed by atoms with Gasteiger partial charge in [-0.3, -0.25) is 9.48 Å². The van der Waals surface area contributed by atoms with E-state index in [9.17, 15) is 9.90 Å². The van der Waals surface area contributed by atoms with Gasteiger partial charge < -0.3 is 10.0 Å². The minimum absolute atomic E-state index is 0.0388. The van der Waals surface area contributed by atoms with Gasteiger partial charge >= 0.3 is 0 Å². The van der Waals surface area contributed by atoms with Gasteiger partial charge in [0, 0.05) is 30.9 Å². The third-order valence-corrected chi connectivity index (χ3v) is 7.19. The highest BCUT2D eigenvalue weighted by molar-refractivity contribution is 5.99. The summed E-state index contributed by atoms with van der Waals surface area (Å²) < 4.78 is 1.81. The molecule has 0 unspecified atom stereocenters. The van der Waals surface area contributed by atoms with Crippen LogP contribution in [-0.4, -0.2) is 37.8 Å². The molecule has 1 amide bonds. The lowest BCUT2D eigenvalue weighted by Gasteiger charge is -2.26. The minimum Gasteiger partial charge on any atom is -0.391 e. The standard InChI is InChI=1S/C26H29N3O2/c1-16-17(2)23-15-29(24-5-4-6-25(24)30)26(31)22(23)12-20(16)11-18-7-9-19(10-8-18)21-13-27-28(3)14-21/h7-10,12-14,24-25,30H,4-6,11,15H2,1-3H3/t24-,25-/m1/s1. The molecule has 2 atom stereocenters. The molecule has 5 heteroatoms. The average molecular weight is 416 g/mol. The summed E-state index contributed by atoms with van der Waals surface area (Å²) in [5.74, 6) is 0.0808. The molecule has 0 radical (unpaired) electrons. The first-order valence-electron chi connectivity index (χ1n) is 11.1. The first-order valence-corrected chi connectivity index (χ1v) is 11.1. The van der Waals surface area contributed by atoms with E-state index in [0.717, 1.165) is 47.9 Å². The number of aryl methyl sites for hydroxylation is 1. The molecule has 1 aliphatic carbocycles. The summed E-state index contributed by atoms with van der Waals surface area (Å²) in [4.78, 5) is 15.1. The van der Waals surface area contributed by atoms with Crippen molar-refractivity contribution in [1.29, 1.82) is 0 Å². The van der Waals surface area contributed by atoms with Crippen molar-refractivity contribution < 1.29 is 9.90 Å². The lowest BCUT2D eigenvalue weighted by molar-refractivity contribution is 0.0479. The van der Waals surface area contributed by atoms with Gasteiger partial charge in [-0.05, 0) is 79.0 Å². The van der Waals surface area contributed by atoms with Crippen LogP contribution in [0.25, 0.3) is 11.1 Å². The molecule has 5 nitrogen and oxygen atoms in total. The third kappa shape index (κ3) is 3.47. The van der Waals surface area contributed by atoms with Crippen molar-refractivity contribution in [3.63, 3.8) is 0 Å². The van der Waals surface area contributed by atoms with Crippen molar-refractivity contribution in [2.24, 2.45) is 7.05 Å². The van der Waals surface area contributed by atoms with Crippen LogP contribution in [0, 0.1) is 13.8 Å². The van der Waals surface area contributed by atoms with E-state index in [2.05, 4.69) is 49.3 Å². The van der Waals surface area contributed by atoms with E-state index in [0.29, 0.717) is 6.54 Å². The number of fused-ring (bicyclic) bond motifs is 1. The zero-order chi connectivity index (χ0) is 21.7. The molecule has 0 saturated heterocycles. The number of nitrogens with zero attached hydrogens (tertiary/aromatic N) is 3. The number of benzene rings is 2. The minimum atomic E-state index is -0.391. The van der Waals surface area contributed by atoms with Crippen molar-refractivity contribution in [2.75, 3.05) is 0 Å². The SMILES string of the molecule is Cc1c(Cc2ccc(-c3cnn(C)c3)cc2)cc2c(c1C)CN([C@@H]1CCC[C@H]1O)C2=O. The zero-order valence-corrected chi connectivity index (χ0v) is 18.4. The summed E-state index contributed by atoms with van der Waals surface area (Å²) >= 11 is 0. The predicted octanol–water partition coefficient (Wildman–Crippen LogP) is 4.16. The van der Waals surface area contributed by atoms with E-state index in [4.69, 9.17) is 0 Å². The van der Waals surface area contributed by atoms with E-state index < -0.39 is 6.10 Å². The Labute approximate surface area is 183 Å². The largest absolute Gasteiger partial charge is 0.391 e. The molecule has 1 aromatic heterocycles. The fraction of sp³-hybridized carbons (Fsp3) is 0.385. The van der Waals surface area contributed by atoms with Gasteiger partial charge in [0.1, 0.15) is 0 Å². The van der Waals surface area contributed by atoms with E-state index in [1.807, 2.05) is 29.0 Å². The van der Waals surface area contributed by atoms with Gasteiger partial charge in [-0.1, -0.05) is 24.3 Å². The molecule has 2 heterocycles. The van der Waals surface area contributed by atoms with Gasteiger partial charge in [0.25, 0.3) is 5.91 Å². The number of hydrogen-bond acceptors (Lipinski definition) is 3. The Kier molecular flexibility index (Phi) is 4.94. The summed E-state index contributed by atoms with van der Waals surface area (Å²) in [5, 5.41) is 14.6. The molecule has 0 bridgehead atoms. The second-order valence-electron chi connectivity index (χ2n) is 9.09. The number of carbonyl (C=O) groups is 1. The number of aromatic nitrogens is 2. The molecular formula is C26H29N3O2. The highest BCUT2D eigenvalue weighted by Crippen LogP contribution is 2.36. The highest BCUT2D eigenvalue weighted by atomic mass is 16.3. The first-order chi connectivity index (χ1) is 14.9. The fourth-order valence-corrected chi connectivity index (χ4v) is 5.17. The summed E-state index contributed by atoms with van der Waals surface area (Å²) in [6, 6.07) is 10.6. The molecule has 1 saturated carbocycles. The maximum Gasteiger partial charge on any atom is 0.254 e. The molecule has 31 heavy (non-hydrogen) atoms. The third-order valence-electron chi connectivity index (χ3n) is 7.19. The van der Waals surface area contributed by atoms with Crippen molar-refractivity contribution in [3.05, 3.63) is 76.1 Å². The molecule has 2 aromatic carbocycles. The van der Waals surface area contributed by atoms with Crippen LogP contribution >= 0.6 is 0 Å². The topological polar surface area (TPSA) is 58.4 Å². The maximum absolute atomic E-state index is 13.2. The number of carbonyl (C=O) groups excluding carboxylic acids is 1. The van der Waals surface area contributed by atoms with Crippen LogP contribution < -0.4 is 0 Å². The molecule has 0 spiro atoms. The van der Waals surface area contributed by atoms with Crippen LogP contribution in [0.4, 0.5) is 0 Å². The van der Waals surface area contributed by atoms with Gasteiger partial charge in [0.15, 0.2) is 0 Å². The summed E-state index contributed by atoms with van der Waals surface area (Å²) in [7, 11) is 1.92. The molecule has 2 aliphatic rings. The smallest absolute Gasteiger partial charge is 0.254 e. The van der Waals surface area contributed by atoms with E-state index >= 15 is 0 Å². The van der Waals surface area contributed by atoms with Crippen LogP contribution in [0.3, 0.4) is 0 Å². The van der Waals surface area contributed by atoms with Crippen LogP contribution in [-0.2, 0) is 20.0 Å². The quantitative estimate of drug-likeness (QED) is 0.696. The first kappa shape index (κ1) is 20.0.